The van der Waals surface area contributed by atoms with Gasteiger partial charge in [0.05, 0.1) is 5.69 Å². The van der Waals surface area contributed by atoms with Gasteiger partial charge in [-0.1, -0.05) is 146 Å². The van der Waals surface area contributed by atoms with Crippen LogP contribution >= 0.6 is 11.3 Å². The number of fused-ring (bicyclic) bond motifs is 8. The van der Waals surface area contributed by atoms with Crippen LogP contribution < -0.4 is 4.90 Å². The van der Waals surface area contributed by atoms with E-state index in [0.29, 0.717) is 0 Å². The zero-order valence-electron chi connectivity index (χ0n) is 29.8. The number of thiophene rings is 1. The molecule has 0 atom stereocenters. The molecule has 2 nitrogen and oxygen atoms in total. The van der Waals surface area contributed by atoms with Gasteiger partial charge in [0.25, 0.3) is 0 Å². The first-order valence-electron chi connectivity index (χ1n) is 18.7. The maximum atomic E-state index is 7.03. The summed E-state index contributed by atoms with van der Waals surface area (Å²) in [4.78, 5) is 2.33. The normalized spacial score (nSPS) is 11.6. The van der Waals surface area contributed by atoms with E-state index in [0.717, 1.165) is 44.4 Å². The monoisotopic (exact) mass is 719 g/mol. The van der Waals surface area contributed by atoms with Crippen LogP contribution in [0.15, 0.2) is 205 Å². The number of nitrogens with zero attached hydrogens (tertiary/aromatic N) is 1. The minimum atomic E-state index is 0.860. The van der Waals surface area contributed by atoms with Gasteiger partial charge in [0.2, 0.25) is 0 Å². The van der Waals surface area contributed by atoms with E-state index < -0.39 is 0 Å². The molecular formula is C52H33NOS. The van der Waals surface area contributed by atoms with Gasteiger partial charge < -0.3 is 9.32 Å². The van der Waals surface area contributed by atoms with Crippen molar-refractivity contribution in [2.75, 3.05) is 4.90 Å². The van der Waals surface area contributed by atoms with Gasteiger partial charge in [0, 0.05) is 47.7 Å². The highest BCUT2D eigenvalue weighted by Gasteiger charge is 2.22. The van der Waals surface area contributed by atoms with Crippen molar-refractivity contribution in [3.05, 3.63) is 200 Å². The zero-order chi connectivity index (χ0) is 36.3. The Labute approximate surface area is 322 Å². The Kier molecular flexibility index (Phi) is 7.39. The summed E-state index contributed by atoms with van der Waals surface area (Å²) in [5, 5.41) is 7.11. The highest BCUT2D eigenvalue weighted by Crippen LogP contribution is 2.46. The quantitative estimate of drug-likeness (QED) is 0.170. The van der Waals surface area contributed by atoms with E-state index in [2.05, 4.69) is 205 Å². The lowest BCUT2D eigenvalue weighted by atomic mass is 9.95. The van der Waals surface area contributed by atoms with Crippen molar-refractivity contribution in [3.8, 4) is 33.4 Å². The largest absolute Gasteiger partial charge is 0.453 e. The van der Waals surface area contributed by atoms with Crippen molar-refractivity contribution in [1.82, 2.24) is 0 Å². The topological polar surface area (TPSA) is 16.4 Å². The first kappa shape index (κ1) is 31.6. The lowest BCUT2D eigenvalue weighted by molar-refractivity contribution is 0.673. The molecule has 0 saturated carbocycles. The summed E-state index contributed by atoms with van der Waals surface area (Å²) in [6.07, 6.45) is 0. The zero-order valence-corrected chi connectivity index (χ0v) is 30.6. The summed E-state index contributed by atoms with van der Waals surface area (Å²) in [6, 6.07) is 72.0. The fourth-order valence-electron chi connectivity index (χ4n) is 8.21. The predicted octanol–water partition coefficient (Wildman–Crippen LogP) is 15.6. The SMILES string of the molecule is c1ccc(-c2ccc(N(c3ccc(-c4ccc5sc6ccccc6c5c4)cc3)c3cccc4c3oc3c5ccccc5c(-c5ccccc5)cc43)cc2)cc1. The van der Waals surface area contributed by atoms with E-state index in [1.807, 2.05) is 11.3 Å². The maximum absolute atomic E-state index is 7.03. The van der Waals surface area contributed by atoms with Crippen molar-refractivity contribution >= 4 is 81.3 Å². The van der Waals surface area contributed by atoms with Gasteiger partial charge in [-0.25, -0.2) is 0 Å². The molecule has 2 aromatic heterocycles. The number of anilines is 3. The van der Waals surface area contributed by atoms with Gasteiger partial charge in [-0.15, -0.1) is 11.3 Å². The summed E-state index contributed by atoms with van der Waals surface area (Å²) in [5.74, 6) is 0. The van der Waals surface area contributed by atoms with E-state index in [9.17, 15) is 0 Å². The first-order valence-corrected chi connectivity index (χ1v) is 19.5. The molecule has 0 spiro atoms. The molecule has 0 aliphatic heterocycles. The van der Waals surface area contributed by atoms with Gasteiger partial charge in [0.15, 0.2) is 5.58 Å². The molecule has 0 bridgehead atoms. The Morgan fingerprint density at radius 3 is 1.58 bits per heavy atom. The van der Waals surface area contributed by atoms with Crippen LogP contribution in [0.2, 0.25) is 0 Å². The number of hydrogen-bond acceptors (Lipinski definition) is 3. The summed E-state index contributed by atoms with van der Waals surface area (Å²) < 4.78 is 9.66. The van der Waals surface area contributed by atoms with Crippen molar-refractivity contribution in [3.63, 3.8) is 0 Å². The van der Waals surface area contributed by atoms with E-state index >= 15 is 0 Å². The highest BCUT2D eigenvalue weighted by molar-refractivity contribution is 7.25. The number of rotatable bonds is 6. The Balaban J connectivity index is 1.08. The number of hydrogen-bond donors (Lipinski definition) is 0. The second-order valence-corrected chi connectivity index (χ2v) is 15.2. The molecule has 0 unspecified atom stereocenters. The van der Waals surface area contributed by atoms with Crippen LogP contribution in [0.4, 0.5) is 17.1 Å². The summed E-state index contributed by atoms with van der Waals surface area (Å²) in [5.41, 5.74) is 12.0. The molecular weight excluding hydrogens is 687 g/mol. The second-order valence-electron chi connectivity index (χ2n) is 14.1. The fourth-order valence-corrected chi connectivity index (χ4v) is 9.29. The summed E-state index contributed by atoms with van der Waals surface area (Å²) in [6.45, 7) is 0. The number of furan rings is 1. The second kappa shape index (κ2) is 12.9. The van der Waals surface area contributed by atoms with Gasteiger partial charge >= 0.3 is 0 Å². The van der Waals surface area contributed by atoms with Gasteiger partial charge in [-0.3, -0.25) is 0 Å². The smallest absolute Gasteiger partial charge is 0.159 e. The molecule has 3 heteroatoms. The molecule has 55 heavy (non-hydrogen) atoms. The molecule has 0 aliphatic rings. The van der Waals surface area contributed by atoms with Crippen LogP contribution in [0, 0.1) is 0 Å². The van der Waals surface area contributed by atoms with Crippen LogP contribution in [-0.2, 0) is 0 Å². The lowest BCUT2D eigenvalue weighted by Gasteiger charge is -2.26. The molecule has 0 aliphatic carbocycles. The average molecular weight is 720 g/mol. The molecule has 0 amide bonds. The molecule has 0 saturated heterocycles. The first-order chi connectivity index (χ1) is 27.3. The fraction of sp³-hybridized carbons (Fsp3) is 0. The standard InChI is InChI=1S/C52H33NOS/c1-3-12-34(13-4-1)35-22-27-39(28-23-35)53(40-29-24-36(25-30-40)38-26-31-50-46(32-38)42-17-9-10-21-49(42)55-50)48-20-11-19-44-47-33-45(37-14-5-2-6-15-37)41-16-7-8-18-43(41)51(47)54-52(44)48/h1-33H. The third-order valence-electron chi connectivity index (χ3n) is 10.9. The van der Waals surface area contributed by atoms with E-state index in [4.69, 9.17) is 4.42 Å². The van der Waals surface area contributed by atoms with Gasteiger partial charge in [-0.2, -0.15) is 0 Å². The molecule has 0 fully saturated rings. The van der Waals surface area contributed by atoms with Crippen molar-refractivity contribution in [1.29, 1.82) is 0 Å². The van der Waals surface area contributed by atoms with Crippen molar-refractivity contribution in [2.24, 2.45) is 0 Å². The van der Waals surface area contributed by atoms with Crippen molar-refractivity contribution in [2.45, 2.75) is 0 Å². The molecule has 11 rings (SSSR count). The highest BCUT2D eigenvalue weighted by atomic mass is 32.1. The Morgan fingerprint density at radius 2 is 0.855 bits per heavy atom. The third-order valence-corrected chi connectivity index (χ3v) is 12.0. The van der Waals surface area contributed by atoms with Gasteiger partial charge in [-0.05, 0) is 93.4 Å². The van der Waals surface area contributed by atoms with Crippen molar-refractivity contribution < 1.29 is 4.42 Å². The van der Waals surface area contributed by atoms with Crippen LogP contribution in [0.1, 0.15) is 0 Å². The number of benzene rings is 9. The van der Waals surface area contributed by atoms with Crippen LogP contribution in [0.3, 0.4) is 0 Å². The molecule has 0 radical (unpaired) electrons. The molecule has 2 heterocycles. The van der Waals surface area contributed by atoms with E-state index in [1.165, 1.54) is 58.9 Å². The lowest BCUT2D eigenvalue weighted by Crippen LogP contribution is -2.10. The Hall–Kier alpha value is -6.94. The minimum Gasteiger partial charge on any atom is -0.453 e. The van der Waals surface area contributed by atoms with E-state index in [-0.39, 0.29) is 0 Å². The minimum absolute atomic E-state index is 0.860. The third kappa shape index (κ3) is 5.32. The summed E-state index contributed by atoms with van der Waals surface area (Å²) >= 11 is 1.85. The Morgan fingerprint density at radius 1 is 0.327 bits per heavy atom. The van der Waals surface area contributed by atoms with Crippen LogP contribution in [0.5, 0.6) is 0 Å². The summed E-state index contributed by atoms with van der Waals surface area (Å²) in [7, 11) is 0. The Bertz CT molecular complexity index is 3180. The molecule has 0 N–H and O–H groups in total. The van der Waals surface area contributed by atoms with E-state index in [1.54, 1.807) is 0 Å². The predicted molar refractivity (Wildman–Crippen MR) is 235 cm³/mol. The molecule has 258 valence electrons. The van der Waals surface area contributed by atoms with Gasteiger partial charge in [0.1, 0.15) is 5.58 Å². The maximum Gasteiger partial charge on any atom is 0.159 e. The average Bonchev–Trinajstić information content (AvgIpc) is 3.83. The van der Waals surface area contributed by atoms with Crippen LogP contribution in [0.25, 0.3) is 86.3 Å². The van der Waals surface area contributed by atoms with Crippen LogP contribution in [-0.4, -0.2) is 0 Å². The molecule has 9 aromatic carbocycles. The molecule has 11 aromatic rings. The number of para-hydroxylation sites is 1.